The van der Waals surface area contributed by atoms with E-state index in [-0.39, 0.29) is 35.3 Å². The molecule has 0 saturated carbocycles. The summed E-state index contributed by atoms with van der Waals surface area (Å²) < 4.78 is 5.47. The molecule has 10 heteroatoms. The largest absolute Gasteiger partial charge is 0.511 e. The van der Waals surface area contributed by atoms with Crippen LogP contribution in [-0.4, -0.2) is 62.5 Å². The number of aliphatic hydroxyl groups is 2. The van der Waals surface area contributed by atoms with Crippen molar-refractivity contribution in [3.05, 3.63) is 69.7 Å². The predicted molar refractivity (Wildman–Crippen MR) is 144 cm³/mol. The number of aromatic hydroxyl groups is 1. The molecule has 1 aromatic rings. The van der Waals surface area contributed by atoms with Gasteiger partial charge in [-0.05, 0) is 74.3 Å². The fourth-order valence-electron chi connectivity index (χ4n) is 6.30. The molecule has 0 fully saturated rings. The summed E-state index contributed by atoms with van der Waals surface area (Å²) in [5.41, 5.74) is 6.53. The lowest BCUT2D eigenvalue weighted by molar-refractivity contribution is -0.125. The van der Waals surface area contributed by atoms with Crippen LogP contribution in [-0.2, 0) is 20.7 Å². The first-order valence-electron chi connectivity index (χ1n) is 13.2. The zero-order valence-corrected chi connectivity index (χ0v) is 22.6. The Bertz CT molecular complexity index is 1490. The molecule has 4 aliphatic rings. The Morgan fingerprint density at radius 3 is 2.45 bits per heavy atom. The van der Waals surface area contributed by atoms with Gasteiger partial charge in [0.05, 0.1) is 11.5 Å². The minimum atomic E-state index is -1.27. The van der Waals surface area contributed by atoms with Gasteiger partial charge in [0.2, 0.25) is 0 Å². The molecule has 5 rings (SSSR count). The number of ketones is 2. The number of hydrogen-bond acceptors (Lipinski definition) is 8. The number of nitrogens with two attached hydrogens (primary N) is 1. The first-order valence-corrected chi connectivity index (χ1v) is 13.2. The van der Waals surface area contributed by atoms with Crippen molar-refractivity contribution in [3.63, 3.8) is 0 Å². The number of fused-ring (bicyclic) bond motifs is 3. The second-order valence-corrected chi connectivity index (χ2v) is 11.7. The highest BCUT2D eigenvalue weighted by atomic mass is 16.6. The molecule has 3 aliphatic carbocycles. The second kappa shape index (κ2) is 9.39. The average Bonchev–Trinajstić information content (AvgIpc) is 2.86. The molecule has 5 N–H and O–H groups in total. The fraction of sp³-hybridized carbons (Fsp3) is 0.400. The molecule has 2 amide bonds. The van der Waals surface area contributed by atoms with Gasteiger partial charge in [0.25, 0.3) is 5.91 Å². The van der Waals surface area contributed by atoms with Crippen LogP contribution in [0.3, 0.4) is 0 Å². The van der Waals surface area contributed by atoms with Gasteiger partial charge in [-0.15, -0.1) is 0 Å². The number of carbonyl (C=O) groups excluding carboxylic acids is 4. The van der Waals surface area contributed by atoms with Crippen LogP contribution in [0.1, 0.15) is 55.1 Å². The smallest absolute Gasteiger partial charge is 0.410 e. The van der Waals surface area contributed by atoms with Crippen molar-refractivity contribution < 1.29 is 39.2 Å². The molecular formula is C30H32N2O8. The van der Waals surface area contributed by atoms with Crippen molar-refractivity contribution >= 4 is 29.1 Å². The van der Waals surface area contributed by atoms with Crippen LogP contribution in [0.4, 0.5) is 4.79 Å². The average molecular weight is 549 g/mol. The molecule has 3 atom stereocenters. The van der Waals surface area contributed by atoms with E-state index in [9.17, 15) is 34.5 Å². The number of primary amides is 1. The minimum absolute atomic E-state index is 0.0151. The third kappa shape index (κ3) is 4.27. The number of rotatable bonds is 2. The van der Waals surface area contributed by atoms with Gasteiger partial charge in [0.1, 0.15) is 28.4 Å². The van der Waals surface area contributed by atoms with E-state index < -0.39 is 64.0 Å². The van der Waals surface area contributed by atoms with Gasteiger partial charge in [-0.25, -0.2) is 4.79 Å². The Morgan fingerprint density at radius 1 is 1.15 bits per heavy atom. The van der Waals surface area contributed by atoms with Crippen molar-refractivity contribution in [1.82, 2.24) is 4.90 Å². The minimum Gasteiger partial charge on any atom is -0.511 e. The highest BCUT2D eigenvalue weighted by Gasteiger charge is 2.51. The Kier molecular flexibility index (Phi) is 6.40. The fourth-order valence-corrected chi connectivity index (χ4v) is 6.30. The quantitative estimate of drug-likeness (QED) is 0.406. The molecule has 1 aromatic carbocycles. The third-order valence-corrected chi connectivity index (χ3v) is 8.10. The second-order valence-electron chi connectivity index (χ2n) is 11.7. The summed E-state index contributed by atoms with van der Waals surface area (Å²) in [5.74, 6) is -6.42. The van der Waals surface area contributed by atoms with E-state index in [0.29, 0.717) is 25.1 Å². The van der Waals surface area contributed by atoms with Crippen molar-refractivity contribution in [3.8, 4) is 5.75 Å². The molecule has 40 heavy (non-hydrogen) atoms. The number of ether oxygens (including phenoxy) is 1. The van der Waals surface area contributed by atoms with Crippen LogP contribution in [0.2, 0.25) is 0 Å². The normalized spacial score (nSPS) is 24.8. The maximum Gasteiger partial charge on any atom is 0.410 e. The van der Waals surface area contributed by atoms with Gasteiger partial charge < -0.3 is 30.7 Å². The standard InChI is InChI=1S/C30H32N2O8/c1-13-17-11-15-12-18-16(14-7-9-32(10-8-14)29(39)40-30(2,3)4)5-6-19(33)21(18)25(35)20(15)26(36)22(17)27(37)23(24(13)34)28(31)38/h5-7,15,17,22,33-34,36H,1,8-12H2,2-4H3,(H2,31,38). The molecule has 3 unspecified atom stereocenters. The number of phenolic OH excluding ortho intramolecular Hbond substituents is 1. The number of Topliss-reactive ketones (excluding diaryl/α,β-unsaturated/α-hetero) is 2. The summed E-state index contributed by atoms with van der Waals surface area (Å²) in [6.45, 7) is 10.00. The Hall–Kier alpha value is -4.34. The summed E-state index contributed by atoms with van der Waals surface area (Å²) in [7, 11) is 0. The van der Waals surface area contributed by atoms with Crippen LogP contribution in [0.15, 0.2) is 53.0 Å². The van der Waals surface area contributed by atoms with Gasteiger partial charge in [-0.1, -0.05) is 18.7 Å². The van der Waals surface area contributed by atoms with E-state index in [1.165, 1.54) is 6.07 Å². The van der Waals surface area contributed by atoms with E-state index in [0.717, 1.165) is 11.1 Å². The zero-order valence-electron chi connectivity index (χ0n) is 22.6. The summed E-state index contributed by atoms with van der Waals surface area (Å²) in [6, 6.07) is 3.17. The molecule has 0 radical (unpaired) electrons. The zero-order chi connectivity index (χ0) is 29.3. The summed E-state index contributed by atoms with van der Waals surface area (Å²) >= 11 is 0. The number of phenols is 1. The number of amides is 2. The number of benzene rings is 1. The van der Waals surface area contributed by atoms with Gasteiger partial charge in [-0.2, -0.15) is 0 Å². The van der Waals surface area contributed by atoms with Crippen molar-refractivity contribution in [1.29, 1.82) is 0 Å². The van der Waals surface area contributed by atoms with Gasteiger partial charge >= 0.3 is 6.09 Å². The SMILES string of the molecule is C=C1C(O)=C(C(N)=O)C(=O)C2C(O)=C3C(=O)c4c(O)ccc(C5=CCN(C(=O)OC(C)(C)C)CC5)c4CC3CC12. The van der Waals surface area contributed by atoms with E-state index in [2.05, 4.69) is 6.58 Å². The molecule has 1 heterocycles. The number of carbonyl (C=O) groups is 4. The van der Waals surface area contributed by atoms with E-state index in [1.807, 2.05) is 6.08 Å². The molecular weight excluding hydrogens is 516 g/mol. The maximum absolute atomic E-state index is 13.8. The first kappa shape index (κ1) is 27.2. The number of hydrogen-bond donors (Lipinski definition) is 4. The summed E-state index contributed by atoms with van der Waals surface area (Å²) in [5, 5.41) is 32.5. The third-order valence-electron chi connectivity index (χ3n) is 8.10. The van der Waals surface area contributed by atoms with Crippen LogP contribution in [0, 0.1) is 17.8 Å². The van der Waals surface area contributed by atoms with Crippen molar-refractivity contribution in [2.75, 3.05) is 13.1 Å². The number of aliphatic hydroxyl groups excluding tert-OH is 2. The maximum atomic E-state index is 13.8. The highest BCUT2D eigenvalue weighted by Crippen LogP contribution is 2.51. The molecule has 210 valence electrons. The van der Waals surface area contributed by atoms with Crippen LogP contribution < -0.4 is 5.73 Å². The van der Waals surface area contributed by atoms with Crippen molar-refractivity contribution in [2.45, 2.75) is 45.6 Å². The van der Waals surface area contributed by atoms with Crippen LogP contribution in [0.25, 0.3) is 5.57 Å². The lowest BCUT2D eigenvalue weighted by Gasteiger charge is -2.42. The van der Waals surface area contributed by atoms with Crippen LogP contribution >= 0.6 is 0 Å². The van der Waals surface area contributed by atoms with Crippen molar-refractivity contribution in [2.24, 2.45) is 23.5 Å². The Morgan fingerprint density at radius 2 is 1.85 bits per heavy atom. The Balaban J connectivity index is 1.51. The first-order chi connectivity index (χ1) is 18.7. The monoisotopic (exact) mass is 548 g/mol. The topological polar surface area (TPSA) is 167 Å². The lowest BCUT2D eigenvalue weighted by Crippen LogP contribution is -2.44. The predicted octanol–water partition coefficient (Wildman–Crippen LogP) is 3.66. The van der Waals surface area contributed by atoms with E-state index >= 15 is 0 Å². The highest BCUT2D eigenvalue weighted by molar-refractivity contribution is 6.23. The number of nitrogens with zero attached hydrogens (tertiary/aromatic N) is 1. The van der Waals surface area contributed by atoms with Gasteiger partial charge in [-0.3, -0.25) is 14.4 Å². The Labute approximate surface area is 231 Å². The van der Waals surface area contributed by atoms with E-state index in [4.69, 9.17) is 10.5 Å². The van der Waals surface area contributed by atoms with Gasteiger partial charge in [0.15, 0.2) is 11.6 Å². The molecule has 1 aliphatic heterocycles. The molecule has 0 spiro atoms. The molecule has 0 saturated heterocycles. The molecule has 10 nitrogen and oxygen atoms in total. The van der Waals surface area contributed by atoms with Crippen LogP contribution in [0.5, 0.6) is 5.75 Å². The lowest BCUT2D eigenvalue weighted by atomic mass is 9.61. The molecule has 0 aromatic heterocycles. The molecule has 0 bridgehead atoms. The van der Waals surface area contributed by atoms with E-state index in [1.54, 1.807) is 31.7 Å². The van der Waals surface area contributed by atoms with Gasteiger partial charge in [0, 0.05) is 24.6 Å². The number of allylic oxidation sites excluding steroid dienone is 3. The summed E-state index contributed by atoms with van der Waals surface area (Å²) in [4.78, 5) is 52.9. The summed E-state index contributed by atoms with van der Waals surface area (Å²) in [6.07, 6.45) is 2.51.